The maximum atomic E-state index is 12.0. The Balaban J connectivity index is 0.00000191. The number of carbonyl (C=O) groups is 2. The maximum absolute atomic E-state index is 12.0. The molecule has 0 bridgehead atoms. The molecule has 1 fully saturated rings. The maximum Gasteiger partial charge on any atom is 0.410 e. The first-order valence-electron chi connectivity index (χ1n) is 7.64. The monoisotopic (exact) mass is 302 g/mol. The van der Waals surface area contributed by atoms with Crippen LogP contribution in [0.4, 0.5) is 4.79 Å². The van der Waals surface area contributed by atoms with Crippen LogP contribution < -0.4 is 5.73 Å². The van der Waals surface area contributed by atoms with Crippen molar-refractivity contribution in [1.82, 2.24) is 4.90 Å². The van der Waals surface area contributed by atoms with E-state index in [1.165, 1.54) is 4.90 Å². The Morgan fingerprint density at radius 3 is 2.33 bits per heavy atom. The molecule has 0 aromatic carbocycles. The van der Waals surface area contributed by atoms with Gasteiger partial charge in [-0.15, -0.1) is 0 Å². The summed E-state index contributed by atoms with van der Waals surface area (Å²) < 4.78 is 10.3. The zero-order chi connectivity index (χ0) is 16.6. The van der Waals surface area contributed by atoms with Gasteiger partial charge in [-0.2, -0.15) is 0 Å². The molecule has 1 saturated heterocycles. The van der Waals surface area contributed by atoms with E-state index in [2.05, 4.69) is 0 Å². The largest absolute Gasteiger partial charge is 0.466 e. The normalized spacial score (nSPS) is 22.0. The first-order chi connectivity index (χ1) is 9.74. The van der Waals surface area contributed by atoms with Crippen LogP contribution in [0.5, 0.6) is 0 Å². The van der Waals surface area contributed by atoms with Crippen LogP contribution in [0.1, 0.15) is 48.0 Å². The third-order valence-electron chi connectivity index (χ3n) is 2.91. The van der Waals surface area contributed by atoms with Crippen LogP contribution in [0.25, 0.3) is 0 Å². The van der Waals surface area contributed by atoms with Gasteiger partial charge in [-0.1, -0.05) is 13.8 Å². The Morgan fingerprint density at radius 2 is 1.86 bits per heavy atom. The number of ether oxygens (including phenoxy) is 2. The number of amides is 1. The van der Waals surface area contributed by atoms with Crippen LogP contribution in [-0.2, 0) is 14.3 Å². The highest BCUT2D eigenvalue weighted by Gasteiger charge is 2.36. The van der Waals surface area contributed by atoms with E-state index in [9.17, 15) is 9.59 Å². The molecule has 1 heterocycles. The van der Waals surface area contributed by atoms with E-state index in [1.54, 1.807) is 6.92 Å². The van der Waals surface area contributed by atoms with Gasteiger partial charge in [-0.25, -0.2) is 4.79 Å². The number of nitrogens with two attached hydrogens (primary N) is 1. The van der Waals surface area contributed by atoms with E-state index >= 15 is 0 Å². The third-order valence-corrected chi connectivity index (χ3v) is 2.91. The van der Waals surface area contributed by atoms with Crippen molar-refractivity contribution in [2.75, 3.05) is 19.7 Å². The minimum atomic E-state index is -0.546. The smallest absolute Gasteiger partial charge is 0.410 e. The van der Waals surface area contributed by atoms with E-state index < -0.39 is 17.6 Å². The van der Waals surface area contributed by atoms with Gasteiger partial charge in [0.2, 0.25) is 0 Å². The van der Waals surface area contributed by atoms with Gasteiger partial charge in [0.05, 0.1) is 12.5 Å². The van der Waals surface area contributed by atoms with E-state index in [1.807, 2.05) is 34.6 Å². The van der Waals surface area contributed by atoms with Crippen molar-refractivity contribution < 1.29 is 19.1 Å². The summed E-state index contributed by atoms with van der Waals surface area (Å²) in [7, 11) is 0. The van der Waals surface area contributed by atoms with E-state index in [4.69, 9.17) is 15.2 Å². The number of piperidine rings is 1. The molecule has 0 saturated carbocycles. The van der Waals surface area contributed by atoms with Crippen LogP contribution in [0.2, 0.25) is 0 Å². The molecule has 6 heteroatoms. The van der Waals surface area contributed by atoms with Gasteiger partial charge in [0.15, 0.2) is 0 Å². The third kappa shape index (κ3) is 6.80. The summed E-state index contributed by atoms with van der Waals surface area (Å²) in [5, 5.41) is 0. The molecule has 0 spiro atoms. The molecule has 6 nitrogen and oxygen atoms in total. The molecule has 1 rings (SSSR count). The van der Waals surface area contributed by atoms with E-state index in [0.717, 1.165) is 0 Å². The first kappa shape index (κ1) is 19.7. The second kappa shape index (κ2) is 8.87. The van der Waals surface area contributed by atoms with Crippen LogP contribution in [-0.4, -0.2) is 48.3 Å². The molecule has 1 amide bonds. The lowest BCUT2D eigenvalue weighted by Gasteiger charge is -2.36. The van der Waals surface area contributed by atoms with Crippen LogP contribution in [0.3, 0.4) is 0 Å². The molecule has 2 atom stereocenters. The lowest BCUT2D eigenvalue weighted by Crippen LogP contribution is -2.53. The van der Waals surface area contributed by atoms with Crippen molar-refractivity contribution in [3.63, 3.8) is 0 Å². The molecular formula is C15H30N2O4. The van der Waals surface area contributed by atoms with Gasteiger partial charge >= 0.3 is 12.1 Å². The zero-order valence-corrected chi connectivity index (χ0v) is 14.1. The Hall–Kier alpha value is -1.30. The molecule has 2 unspecified atom stereocenters. The van der Waals surface area contributed by atoms with Crippen molar-refractivity contribution in [1.29, 1.82) is 0 Å². The summed E-state index contributed by atoms with van der Waals surface area (Å²) in [5.74, 6) is -0.815. The van der Waals surface area contributed by atoms with Crippen molar-refractivity contribution in [2.24, 2.45) is 11.7 Å². The number of hydrogen-bond donors (Lipinski definition) is 1. The predicted octanol–water partition coefficient (Wildman–Crippen LogP) is 2.16. The van der Waals surface area contributed by atoms with Crippen LogP contribution >= 0.6 is 0 Å². The molecule has 0 aliphatic carbocycles. The molecular weight excluding hydrogens is 272 g/mol. The number of hydrogen-bond acceptors (Lipinski definition) is 5. The Morgan fingerprint density at radius 1 is 1.29 bits per heavy atom. The van der Waals surface area contributed by atoms with Crippen molar-refractivity contribution in [3.05, 3.63) is 0 Å². The number of likely N-dealkylation sites (tertiary alicyclic amines) is 1. The molecule has 124 valence electrons. The lowest BCUT2D eigenvalue weighted by atomic mass is 9.93. The average Bonchev–Trinajstić information content (AvgIpc) is 2.39. The van der Waals surface area contributed by atoms with Crippen molar-refractivity contribution in [2.45, 2.75) is 59.6 Å². The van der Waals surface area contributed by atoms with Crippen LogP contribution in [0.15, 0.2) is 0 Å². The highest BCUT2D eigenvalue weighted by Crippen LogP contribution is 2.19. The molecule has 2 N–H and O–H groups in total. The van der Waals surface area contributed by atoms with Gasteiger partial charge in [0.25, 0.3) is 0 Å². The molecule has 0 aromatic heterocycles. The highest BCUT2D eigenvalue weighted by atomic mass is 16.6. The fourth-order valence-electron chi connectivity index (χ4n) is 1.96. The first-order valence-corrected chi connectivity index (χ1v) is 7.64. The van der Waals surface area contributed by atoms with Crippen molar-refractivity contribution >= 4 is 12.1 Å². The second-order valence-corrected chi connectivity index (χ2v) is 5.74. The van der Waals surface area contributed by atoms with Gasteiger partial charge < -0.3 is 20.1 Å². The van der Waals surface area contributed by atoms with Gasteiger partial charge in [-0.3, -0.25) is 4.79 Å². The topological polar surface area (TPSA) is 81.9 Å². The number of nitrogens with zero attached hydrogens (tertiary/aromatic N) is 1. The Labute approximate surface area is 127 Å². The van der Waals surface area contributed by atoms with Crippen molar-refractivity contribution in [3.8, 4) is 0 Å². The second-order valence-electron chi connectivity index (χ2n) is 5.74. The average molecular weight is 302 g/mol. The molecule has 1 aliphatic rings. The number of carbonyl (C=O) groups excluding carboxylic acids is 2. The fourth-order valence-corrected chi connectivity index (χ4v) is 1.96. The van der Waals surface area contributed by atoms with Crippen LogP contribution in [0, 0.1) is 5.92 Å². The summed E-state index contributed by atoms with van der Waals surface area (Å²) in [6, 6.07) is -0.266. The Bertz CT molecular complexity index is 339. The SMILES string of the molecule is CC.CCOC(=O)C1CN(C(=O)OC(C)(C)C)CCC1N. The molecule has 0 aromatic rings. The number of rotatable bonds is 2. The minimum absolute atomic E-state index is 0.259. The molecule has 1 aliphatic heterocycles. The van der Waals surface area contributed by atoms with E-state index in [-0.39, 0.29) is 18.6 Å². The summed E-state index contributed by atoms with van der Waals surface area (Å²) in [6.45, 7) is 12.3. The fraction of sp³-hybridized carbons (Fsp3) is 0.867. The number of esters is 1. The summed E-state index contributed by atoms with van der Waals surface area (Å²) >= 11 is 0. The van der Waals surface area contributed by atoms with Gasteiger partial charge in [0, 0.05) is 19.1 Å². The zero-order valence-electron chi connectivity index (χ0n) is 14.1. The highest BCUT2D eigenvalue weighted by molar-refractivity contribution is 5.75. The Kier molecular flexibility index (Phi) is 8.32. The lowest BCUT2D eigenvalue weighted by molar-refractivity contribution is -0.150. The van der Waals surface area contributed by atoms with E-state index in [0.29, 0.717) is 19.6 Å². The summed E-state index contributed by atoms with van der Waals surface area (Å²) in [4.78, 5) is 25.3. The predicted molar refractivity (Wildman–Crippen MR) is 81.9 cm³/mol. The van der Waals surface area contributed by atoms with Gasteiger partial charge in [0.1, 0.15) is 5.60 Å². The minimum Gasteiger partial charge on any atom is -0.466 e. The molecule has 21 heavy (non-hydrogen) atoms. The molecule has 0 radical (unpaired) electrons. The van der Waals surface area contributed by atoms with Gasteiger partial charge in [-0.05, 0) is 34.1 Å². The summed E-state index contributed by atoms with van der Waals surface area (Å²) in [6.07, 6.45) is 0.164. The standard InChI is InChI=1S/C13H24N2O4.C2H6/c1-5-18-11(16)9-8-15(7-6-10(9)14)12(17)19-13(2,3)4;1-2/h9-10H,5-8,14H2,1-4H3;1-2H3. The quantitative estimate of drug-likeness (QED) is 0.790. The summed E-state index contributed by atoms with van der Waals surface area (Å²) in [5.41, 5.74) is 5.37.